The third-order valence-electron chi connectivity index (χ3n) is 6.16. The van der Waals surface area contributed by atoms with Gasteiger partial charge in [0, 0.05) is 49.2 Å². The number of nitrogens with zero attached hydrogens (tertiary/aromatic N) is 2. The second kappa shape index (κ2) is 9.05. The van der Waals surface area contributed by atoms with Gasteiger partial charge in [0.2, 0.25) is 0 Å². The molecule has 0 bridgehead atoms. The van der Waals surface area contributed by atoms with E-state index in [1.807, 2.05) is 6.07 Å². The molecule has 2 aromatic carbocycles. The van der Waals surface area contributed by atoms with Crippen molar-refractivity contribution in [2.45, 2.75) is 25.3 Å². The van der Waals surface area contributed by atoms with Gasteiger partial charge in [-0.15, -0.1) is 12.4 Å². The van der Waals surface area contributed by atoms with E-state index in [0.717, 1.165) is 16.7 Å². The van der Waals surface area contributed by atoms with Crippen LogP contribution in [0.3, 0.4) is 0 Å². The van der Waals surface area contributed by atoms with Crippen LogP contribution in [0.25, 0.3) is 0 Å². The van der Waals surface area contributed by atoms with E-state index in [1.54, 1.807) is 42.3 Å². The van der Waals surface area contributed by atoms with E-state index < -0.39 is 24.0 Å². The van der Waals surface area contributed by atoms with Crippen LogP contribution in [0.15, 0.2) is 36.4 Å². The number of nitrogens with one attached hydrogen (secondary N) is 3. The molecule has 0 saturated carbocycles. The number of ether oxygens (including phenoxy) is 1. The number of carbonyl (C=O) groups is 3. The predicted octanol–water partition coefficient (Wildman–Crippen LogP) is 0.854. The highest BCUT2D eigenvalue weighted by Gasteiger charge is 2.40. The normalized spacial score (nSPS) is 19.8. The van der Waals surface area contributed by atoms with Crippen LogP contribution >= 0.6 is 12.4 Å². The van der Waals surface area contributed by atoms with Gasteiger partial charge >= 0.3 is 0 Å². The first-order valence-corrected chi connectivity index (χ1v) is 10.6. The fraction of sp³-hybridized carbons (Fsp3) is 0.304. The Kier molecular flexibility index (Phi) is 6.30. The van der Waals surface area contributed by atoms with E-state index in [0.29, 0.717) is 35.9 Å². The van der Waals surface area contributed by atoms with Crippen LogP contribution in [0.1, 0.15) is 27.0 Å². The molecule has 1 fully saturated rings. The van der Waals surface area contributed by atoms with Gasteiger partial charge in [0.05, 0.1) is 6.61 Å². The molecule has 0 aliphatic carbocycles. The number of carbonyl (C=O) groups excluding carboxylic acids is 3. The molecule has 0 radical (unpaired) electrons. The minimum atomic E-state index is -1.72. The highest BCUT2D eigenvalue weighted by atomic mass is 35.5. The summed E-state index contributed by atoms with van der Waals surface area (Å²) in [6.07, 6.45) is -3.08. The lowest BCUT2D eigenvalue weighted by atomic mass is 10.1. The largest absolute Gasteiger partial charge is 0.380 e. The maximum absolute atomic E-state index is 13.1. The smallest absolute Gasteiger partial charge is 0.259 e. The summed E-state index contributed by atoms with van der Waals surface area (Å²) in [5.74, 6) is -1.09. The molecule has 3 heterocycles. The van der Waals surface area contributed by atoms with E-state index in [4.69, 9.17) is 10.1 Å². The van der Waals surface area contributed by atoms with Crippen molar-refractivity contribution in [1.29, 1.82) is 5.41 Å². The van der Waals surface area contributed by atoms with E-state index in [-0.39, 0.29) is 31.5 Å². The maximum atomic E-state index is 13.1. The number of benzene rings is 2. The topological polar surface area (TPSA) is 135 Å². The number of hydrogen-bond acceptors (Lipinski definition) is 6. The molecule has 3 amide bonds. The Morgan fingerprint density at radius 1 is 1.21 bits per heavy atom. The summed E-state index contributed by atoms with van der Waals surface area (Å²) in [5, 5.41) is 23.9. The molecular weight excluding hydrogens is 462 g/mol. The first kappa shape index (κ1) is 23.7. The van der Waals surface area contributed by atoms with Crippen molar-refractivity contribution >= 4 is 47.3 Å². The monoisotopic (exact) mass is 485 g/mol. The van der Waals surface area contributed by atoms with Crippen LogP contribution in [0.5, 0.6) is 0 Å². The van der Waals surface area contributed by atoms with E-state index in [2.05, 4.69) is 10.6 Å². The Hall–Kier alpha value is -3.47. The van der Waals surface area contributed by atoms with Crippen molar-refractivity contribution in [1.82, 2.24) is 10.2 Å². The fourth-order valence-electron chi connectivity index (χ4n) is 4.38. The lowest BCUT2D eigenvalue weighted by Gasteiger charge is -2.34. The first-order chi connectivity index (χ1) is 15.8. The molecule has 10 nitrogen and oxygen atoms in total. The molecule has 178 valence electrons. The zero-order valence-electron chi connectivity index (χ0n) is 18.3. The second-order valence-electron chi connectivity index (χ2n) is 8.32. The van der Waals surface area contributed by atoms with Crippen molar-refractivity contribution in [2.24, 2.45) is 0 Å². The number of morpholine rings is 1. The van der Waals surface area contributed by atoms with Crippen molar-refractivity contribution in [3.63, 3.8) is 0 Å². The third kappa shape index (κ3) is 4.00. The number of hydrogen-bond donors (Lipinski definition) is 4. The Balaban J connectivity index is 0.00000274. The molecule has 2 atom stereocenters. The number of anilines is 2. The molecule has 0 spiro atoms. The zero-order valence-corrected chi connectivity index (χ0v) is 19.1. The standard InChI is InChI=1S/C23H23N5O5.ClH/c1-27-11-12-2-4-15(9-17(12)22(27)31)28-6-7-33-19(23(28)32)18(29)21(30)26-14-3-5-16-13(8-14)10-25-20(16)24;/h2-5,8-9,18-19,29H,6-7,10-11H2,1H3,(H2,24,25)(H,26,30);1H/t18-,19-;/m1./s1. The molecule has 3 aliphatic rings. The second-order valence-corrected chi connectivity index (χ2v) is 8.32. The molecule has 4 N–H and O–H groups in total. The van der Waals surface area contributed by atoms with Gasteiger partial charge in [0.1, 0.15) is 5.84 Å². The van der Waals surface area contributed by atoms with E-state index in [9.17, 15) is 19.5 Å². The average molecular weight is 486 g/mol. The summed E-state index contributed by atoms with van der Waals surface area (Å²) in [7, 11) is 1.72. The zero-order chi connectivity index (χ0) is 23.3. The molecule has 2 aromatic rings. The van der Waals surface area contributed by atoms with Gasteiger partial charge in [-0.25, -0.2) is 0 Å². The van der Waals surface area contributed by atoms with Gasteiger partial charge in [-0.3, -0.25) is 19.8 Å². The predicted molar refractivity (Wildman–Crippen MR) is 126 cm³/mol. The summed E-state index contributed by atoms with van der Waals surface area (Å²) in [4.78, 5) is 41.1. The number of amidine groups is 1. The summed E-state index contributed by atoms with van der Waals surface area (Å²) >= 11 is 0. The van der Waals surface area contributed by atoms with Gasteiger partial charge in [0.15, 0.2) is 12.2 Å². The van der Waals surface area contributed by atoms with Gasteiger partial charge in [-0.05, 0) is 41.5 Å². The van der Waals surface area contributed by atoms with Gasteiger partial charge in [-0.1, -0.05) is 6.07 Å². The van der Waals surface area contributed by atoms with Crippen molar-refractivity contribution in [3.8, 4) is 0 Å². The maximum Gasteiger partial charge on any atom is 0.259 e. The summed E-state index contributed by atoms with van der Waals surface area (Å²) < 4.78 is 5.47. The lowest BCUT2D eigenvalue weighted by molar-refractivity contribution is -0.150. The number of halogens is 1. The molecular formula is C23H24ClN5O5. The number of aliphatic hydroxyl groups excluding tert-OH is 1. The Bertz CT molecular complexity index is 1200. The molecule has 11 heteroatoms. The minimum absolute atomic E-state index is 0. The van der Waals surface area contributed by atoms with Gasteiger partial charge < -0.3 is 30.3 Å². The van der Waals surface area contributed by atoms with Crippen molar-refractivity contribution < 1.29 is 24.2 Å². The number of aliphatic hydroxyl groups is 1. The minimum Gasteiger partial charge on any atom is -0.380 e. The molecule has 0 aromatic heterocycles. The lowest BCUT2D eigenvalue weighted by Crippen LogP contribution is -2.55. The van der Waals surface area contributed by atoms with E-state index >= 15 is 0 Å². The Morgan fingerprint density at radius 3 is 2.79 bits per heavy atom. The van der Waals surface area contributed by atoms with Gasteiger partial charge in [0.25, 0.3) is 17.7 Å². The van der Waals surface area contributed by atoms with Crippen LogP contribution in [-0.2, 0) is 27.4 Å². The summed E-state index contributed by atoms with van der Waals surface area (Å²) in [6, 6.07) is 10.3. The van der Waals surface area contributed by atoms with Crippen LogP contribution in [0.2, 0.25) is 0 Å². The number of fused-ring (bicyclic) bond motifs is 2. The third-order valence-corrected chi connectivity index (χ3v) is 6.16. The van der Waals surface area contributed by atoms with Crippen molar-refractivity contribution in [3.05, 3.63) is 58.7 Å². The van der Waals surface area contributed by atoms with E-state index in [1.165, 1.54) is 4.90 Å². The summed E-state index contributed by atoms with van der Waals surface area (Å²) in [6.45, 7) is 1.39. The summed E-state index contributed by atoms with van der Waals surface area (Å²) in [5.41, 5.74) is 4.03. The molecule has 0 unspecified atom stereocenters. The van der Waals surface area contributed by atoms with Crippen LogP contribution in [0, 0.1) is 5.41 Å². The highest BCUT2D eigenvalue weighted by molar-refractivity contribution is 6.06. The van der Waals surface area contributed by atoms with Crippen LogP contribution in [-0.4, -0.2) is 66.0 Å². The molecule has 3 aliphatic heterocycles. The fourth-order valence-corrected chi connectivity index (χ4v) is 4.38. The Morgan fingerprint density at radius 2 is 2.00 bits per heavy atom. The number of rotatable bonds is 4. The quantitative estimate of drug-likeness (QED) is 0.507. The van der Waals surface area contributed by atoms with Crippen molar-refractivity contribution in [2.75, 3.05) is 30.4 Å². The van der Waals surface area contributed by atoms with Gasteiger partial charge in [-0.2, -0.15) is 0 Å². The SMILES string of the molecule is CN1Cc2ccc(N3CCO[C@H]([C@@H](O)C(=O)Nc4ccc5c(c4)CNC5=N)C3=O)cc2C1=O.Cl. The van der Waals surface area contributed by atoms with Crippen LogP contribution in [0.4, 0.5) is 11.4 Å². The molecule has 1 saturated heterocycles. The average Bonchev–Trinajstić information content (AvgIpc) is 3.32. The first-order valence-electron chi connectivity index (χ1n) is 10.6. The Labute approximate surface area is 201 Å². The highest BCUT2D eigenvalue weighted by Crippen LogP contribution is 2.28. The molecule has 5 rings (SSSR count). The number of amides is 3. The molecule has 34 heavy (non-hydrogen) atoms. The van der Waals surface area contributed by atoms with Crippen LogP contribution < -0.4 is 15.5 Å².